The number of benzene rings is 1. The highest BCUT2D eigenvalue weighted by Gasteiger charge is 2.47. The third-order valence-electron chi connectivity index (χ3n) is 6.81. The summed E-state index contributed by atoms with van der Waals surface area (Å²) in [5.74, 6) is -0.746. The Kier molecular flexibility index (Phi) is 6.22. The monoisotopic (exact) mass is 516 g/mol. The quantitative estimate of drug-likeness (QED) is 0.534. The normalized spacial score (nSPS) is 19.4. The molecule has 4 heterocycles. The van der Waals surface area contributed by atoms with Crippen molar-refractivity contribution < 1.29 is 27.4 Å². The molecule has 2 aliphatic rings. The van der Waals surface area contributed by atoms with E-state index in [0.29, 0.717) is 49.5 Å². The maximum absolute atomic E-state index is 13.7. The van der Waals surface area contributed by atoms with Crippen molar-refractivity contribution in [3.8, 4) is 17.0 Å². The molecule has 2 aliphatic heterocycles. The van der Waals surface area contributed by atoms with Gasteiger partial charge in [-0.2, -0.15) is 13.9 Å². The van der Waals surface area contributed by atoms with Crippen LogP contribution in [-0.4, -0.2) is 52.0 Å². The highest BCUT2D eigenvalue weighted by molar-refractivity contribution is 5.76. The van der Waals surface area contributed by atoms with Gasteiger partial charge in [0.1, 0.15) is 11.4 Å². The number of pyridine rings is 1. The molecule has 3 aromatic rings. The summed E-state index contributed by atoms with van der Waals surface area (Å²) in [6.45, 7) is 2.24. The first-order chi connectivity index (χ1) is 17.6. The fourth-order valence-electron chi connectivity index (χ4n) is 4.86. The molecule has 9 nitrogen and oxygen atoms in total. The van der Waals surface area contributed by atoms with Gasteiger partial charge in [-0.25, -0.2) is 14.2 Å². The van der Waals surface area contributed by atoms with E-state index in [9.17, 15) is 18.0 Å². The van der Waals surface area contributed by atoms with Crippen molar-refractivity contribution in [2.24, 2.45) is 0 Å². The molecule has 0 saturated carbocycles. The SMILES string of the molecule is CC(C)(NC(=O)N1CC[C@]2(C1)OCCn1nc(-c3cnc(N)c(OC(F)F)c3)cc12)c1cccc(F)c1. The average molecular weight is 517 g/mol. The van der Waals surface area contributed by atoms with Crippen LogP contribution in [0.3, 0.4) is 0 Å². The van der Waals surface area contributed by atoms with Crippen LogP contribution in [0.25, 0.3) is 11.3 Å². The van der Waals surface area contributed by atoms with Crippen LogP contribution in [0, 0.1) is 5.82 Å². The van der Waals surface area contributed by atoms with Crippen molar-refractivity contribution in [1.29, 1.82) is 0 Å². The van der Waals surface area contributed by atoms with Crippen molar-refractivity contribution in [1.82, 2.24) is 25.0 Å². The van der Waals surface area contributed by atoms with E-state index in [1.54, 1.807) is 21.7 Å². The Morgan fingerprint density at radius 1 is 1.27 bits per heavy atom. The van der Waals surface area contributed by atoms with Gasteiger partial charge in [0.15, 0.2) is 11.6 Å². The fraction of sp³-hybridized carbons (Fsp3) is 0.400. The molecule has 2 aromatic heterocycles. The number of carbonyl (C=O) groups is 1. The number of anilines is 1. The predicted molar refractivity (Wildman–Crippen MR) is 128 cm³/mol. The second-order valence-corrected chi connectivity index (χ2v) is 9.70. The Morgan fingerprint density at radius 3 is 2.84 bits per heavy atom. The molecule has 1 aromatic carbocycles. The summed E-state index contributed by atoms with van der Waals surface area (Å²) >= 11 is 0. The Labute approximate surface area is 211 Å². The number of fused-ring (bicyclic) bond motifs is 2. The number of halogens is 3. The van der Waals surface area contributed by atoms with Gasteiger partial charge >= 0.3 is 12.6 Å². The zero-order valence-electron chi connectivity index (χ0n) is 20.4. The van der Waals surface area contributed by atoms with Gasteiger partial charge in [0.05, 0.1) is 36.6 Å². The second-order valence-electron chi connectivity index (χ2n) is 9.70. The Hall–Kier alpha value is -3.80. The standard InChI is InChI=1S/C25H27F3N6O3/c1-24(2,16-4-3-5-17(26)11-16)31-23(35)33-7-6-25(14-33)20-12-18(32-34(20)8-9-36-25)15-10-19(37-22(27)28)21(29)30-13-15/h3-5,10-13,22H,6-9,14H2,1-2H3,(H2,29,30)(H,31,35)/t25-/m1/s1. The smallest absolute Gasteiger partial charge is 0.387 e. The molecule has 12 heteroatoms. The van der Waals surface area contributed by atoms with Gasteiger partial charge in [0.2, 0.25) is 0 Å². The topological polar surface area (TPSA) is 108 Å². The van der Waals surface area contributed by atoms with Crippen molar-refractivity contribution in [3.63, 3.8) is 0 Å². The Bertz CT molecular complexity index is 1330. The van der Waals surface area contributed by atoms with Gasteiger partial charge in [-0.15, -0.1) is 0 Å². The van der Waals surface area contributed by atoms with Crippen molar-refractivity contribution in [2.75, 3.05) is 25.4 Å². The van der Waals surface area contributed by atoms with Crippen molar-refractivity contribution in [2.45, 2.75) is 44.6 Å². The van der Waals surface area contributed by atoms with Crippen molar-refractivity contribution >= 4 is 11.8 Å². The number of likely N-dealkylation sites (tertiary alicyclic amines) is 1. The summed E-state index contributed by atoms with van der Waals surface area (Å²) in [6, 6.07) is 9.04. The Balaban J connectivity index is 1.36. The van der Waals surface area contributed by atoms with Gasteiger partial charge in [-0.1, -0.05) is 12.1 Å². The third-order valence-corrected chi connectivity index (χ3v) is 6.81. The van der Waals surface area contributed by atoms with E-state index < -0.39 is 17.8 Å². The summed E-state index contributed by atoms with van der Waals surface area (Å²) in [7, 11) is 0. The van der Waals surface area contributed by atoms with Crippen LogP contribution in [-0.2, 0) is 22.4 Å². The van der Waals surface area contributed by atoms with Crippen LogP contribution in [0.15, 0.2) is 42.6 Å². The summed E-state index contributed by atoms with van der Waals surface area (Å²) in [5, 5.41) is 7.62. The fourth-order valence-corrected chi connectivity index (χ4v) is 4.86. The molecule has 1 fully saturated rings. The minimum Gasteiger partial charge on any atom is -0.431 e. The number of aromatic nitrogens is 3. The number of rotatable bonds is 5. The lowest BCUT2D eigenvalue weighted by molar-refractivity contribution is -0.0702. The molecular weight excluding hydrogens is 489 g/mol. The molecule has 0 unspecified atom stereocenters. The number of alkyl halides is 2. The number of ether oxygens (including phenoxy) is 2. The van der Waals surface area contributed by atoms with E-state index in [1.165, 1.54) is 24.4 Å². The van der Waals surface area contributed by atoms with E-state index in [0.717, 1.165) is 5.69 Å². The molecular formula is C25H27F3N6O3. The lowest BCUT2D eigenvalue weighted by atomic mass is 9.94. The molecule has 196 valence electrons. The van der Waals surface area contributed by atoms with Crippen LogP contribution < -0.4 is 15.8 Å². The molecule has 1 saturated heterocycles. The van der Waals surface area contributed by atoms with Crippen LogP contribution in [0.2, 0.25) is 0 Å². The molecule has 37 heavy (non-hydrogen) atoms. The molecule has 2 amide bonds. The number of urea groups is 1. The summed E-state index contributed by atoms with van der Waals surface area (Å²) in [4.78, 5) is 18.8. The first kappa shape index (κ1) is 24.9. The number of nitrogens with one attached hydrogen (secondary N) is 1. The minimum atomic E-state index is -3.03. The van der Waals surface area contributed by atoms with E-state index in [-0.39, 0.29) is 23.4 Å². The first-order valence-electron chi connectivity index (χ1n) is 11.8. The third kappa shape index (κ3) is 4.80. The molecule has 3 N–H and O–H groups in total. The molecule has 1 spiro atoms. The van der Waals surface area contributed by atoms with Crippen molar-refractivity contribution in [3.05, 3.63) is 59.7 Å². The minimum absolute atomic E-state index is 0.147. The van der Waals surface area contributed by atoms with E-state index in [4.69, 9.17) is 10.5 Å². The number of nitrogen functional groups attached to an aromatic ring is 1. The van der Waals surface area contributed by atoms with Crippen LogP contribution in [0.5, 0.6) is 5.75 Å². The predicted octanol–water partition coefficient (Wildman–Crippen LogP) is 3.84. The van der Waals surface area contributed by atoms with Gasteiger partial charge in [-0.05, 0) is 43.7 Å². The number of carbonyl (C=O) groups excluding carboxylic acids is 1. The van der Waals surface area contributed by atoms with E-state index in [1.807, 2.05) is 19.9 Å². The number of hydrogen-bond donors (Lipinski definition) is 2. The summed E-state index contributed by atoms with van der Waals surface area (Å²) in [6.07, 6.45) is 1.99. The first-order valence-corrected chi connectivity index (χ1v) is 11.8. The molecule has 5 rings (SSSR count). The Morgan fingerprint density at radius 2 is 2.08 bits per heavy atom. The van der Waals surface area contributed by atoms with Gasteiger partial charge in [0.25, 0.3) is 0 Å². The number of hydrogen-bond acceptors (Lipinski definition) is 6. The van der Waals surface area contributed by atoms with E-state index >= 15 is 0 Å². The van der Waals surface area contributed by atoms with Crippen LogP contribution >= 0.6 is 0 Å². The number of nitrogens with zero attached hydrogens (tertiary/aromatic N) is 4. The highest BCUT2D eigenvalue weighted by Crippen LogP contribution is 2.40. The maximum atomic E-state index is 13.7. The lowest BCUT2D eigenvalue weighted by Gasteiger charge is -2.35. The molecule has 0 radical (unpaired) electrons. The van der Waals surface area contributed by atoms with Gasteiger partial charge in [-0.3, -0.25) is 4.68 Å². The summed E-state index contributed by atoms with van der Waals surface area (Å²) < 4.78 is 51.7. The van der Waals surface area contributed by atoms with Crippen LogP contribution in [0.4, 0.5) is 23.8 Å². The molecule has 0 aliphatic carbocycles. The highest BCUT2D eigenvalue weighted by atomic mass is 19.3. The summed E-state index contributed by atoms with van der Waals surface area (Å²) in [5.41, 5.74) is 6.49. The zero-order valence-corrected chi connectivity index (χ0v) is 20.4. The number of amides is 2. The van der Waals surface area contributed by atoms with Gasteiger partial charge in [0, 0.05) is 24.7 Å². The number of nitrogens with two attached hydrogens (primary N) is 1. The average Bonchev–Trinajstić information content (AvgIpc) is 3.46. The molecule has 1 atom stereocenters. The van der Waals surface area contributed by atoms with Crippen LogP contribution in [0.1, 0.15) is 31.5 Å². The second kappa shape index (κ2) is 9.25. The zero-order chi connectivity index (χ0) is 26.4. The molecule has 0 bridgehead atoms. The largest absolute Gasteiger partial charge is 0.431 e. The van der Waals surface area contributed by atoms with E-state index in [2.05, 4.69) is 20.1 Å². The lowest BCUT2D eigenvalue weighted by Crippen LogP contribution is -2.49. The van der Waals surface area contributed by atoms with Gasteiger partial charge < -0.3 is 25.4 Å². The maximum Gasteiger partial charge on any atom is 0.387 e.